The van der Waals surface area contributed by atoms with Crippen molar-refractivity contribution in [2.24, 2.45) is 0 Å². The van der Waals surface area contributed by atoms with Crippen molar-refractivity contribution in [3.8, 4) is 22.9 Å². The Kier molecular flexibility index (Phi) is 4.72. The summed E-state index contributed by atoms with van der Waals surface area (Å²) in [4.78, 5) is 14.2. The Hall–Kier alpha value is -3.00. The van der Waals surface area contributed by atoms with Crippen molar-refractivity contribution in [2.75, 3.05) is 18.6 Å². The highest BCUT2D eigenvalue weighted by Crippen LogP contribution is 2.25. The van der Waals surface area contributed by atoms with Crippen LogP contribution in [-0.2, 0) is 9.84 Å². The molecule has 2 heterocycles. The highest BCUT2D eigenvalue weighted by Gasteiger charge is 2.33. The molecule has 1 aliphatic rings. The Morgan fingerprint density at radius 1 is 1.00 bits per heavy atom. The van der Waals surface area contributed by atoms with Crippen LogP contribution in [0.1, 0.15) is 16.8 Å². The summed E-state index contributed by atoms with van der Waals surface area (Å²) in [6, 6.07) is 16.1. The maximum absolute atomic E-state index is 12.7. The summed E-state index contributed by atoms with van der Waals surface area (Å²) in [7, 11) is -1.40. The number of amides is 1. The lowest BCUT2D eigenvalue weighted by Gasteiger charge is -2.23. The lowest BCUT2D eigenvalue weighted by Crippen LogP contribution is -2.37. The van der Waals surface area contributed by atoms with Gasteiger partial charge in [-0.1, -0.05) is 18.2 Å². The number of rotatable bonds is 4. The Morgan fingerprint density at radius 3 is 2.18 bits per heavy atom. The van der Waals surface area contributed by atoms with Gasteiger partial charge in [-0.2, -0.15) is 0 Å². The van der Waals surface area contributed by atoms with E-state index in [1.54, 1.807) is 31.3 Å². The Balaban J connectivity index is 1.50. The number of nitrogens with zero attached hydrogens (tertiary/aromatic N) is 3. The van der Waals surface area contributed by atoms with Crippen LogP contribution in [0, 0.1) is 0 Å². The van der Waals surface area contributed by atoms with E-state index in [1.807, 2.05) is 30.3 Å². The zero-order chi connectivity index (χ0) is 19.7. The first kappa shape index (κ1) is 18.4. The van der Waals surface area contributed by atoms with Crippen molar-refractivity contribution in [3.05, 3.63) is 60.2 Å². The van der Waals surface area contributed by atoms with Gasteiger partial charge < -0.3 is 9.32 Å². The van der Waals surface area contributed by atoms with Crippen molar-refractivity contribution >= 4 is 15.7 Å². The maximum Gasteiger partial charge on any atom is 0.253 e. The van der Waals surface area contributed by atoms with Crippen LogP contribution in [-0.4, -0.2) is 54.0 Å². The summed E-state index contributed by atoms with van der Waals surface area (Å²) in [5, 5.41) is 8.14. The molecule has 0 unspecified atom stereocenters. The smallest absolute Gasteiger partial charge is 0.253 e. The summed E-state index contributed by atoms with van der Waals surface area (Å²) >= 11 is 0. The number of hydrogen-bond acceptors (Lipinski definition) is 6. The predicted octanol–water partition coefficient (Wildman–Crippen LogP) is 2.66. The Bertz CT molecular complexity index is 1090. The standard InChI is InChI=1S/C20H19N3O4S/c1-23(17-11-12-28(25,26)13-17)20(24)16-9-7-15(8-10-16)19-22-21-18(27-19)14-5-3-2-4-6-14/h2-10,17H,11-13H2,1H3/t17-/m1/s1. The fraction of sp³-hybridized carbons (Fsp3) is 0.250. The van der Waals surface area contributed by atoms with Gasteiger partial charge in [-0.15, -0.1) is 10.2 Å². The zero-order valence-electron chi connectivity index (χ0n) is 15.3. The molecule has 28 heavy (non-hydrogen) atoms. The predicted molar refractivity (Wildman–Crippen MR) is 104 cm³/mol. The largest absolute Gasteiger partial charge is 0.416 e. The number of benzene rings is 2. The summed E-state index contributed by atoms with van der Waals surface area (Å²) in [6.07, 6.45) is 0.479. The first-order chi connectivity index (χ1) is 13.4. The highest BCUT2D eigenvalue weighted by molar-refractivity contribution is 7.91. The summed E-state index contributed by atoms with van der Waals surface area (Å²) in [6.45, 7) is 0. The molecule has 3 aromatic rings. The molecular formula is C20H19N3O4S. The van der Waals surface area contributed by atoms with Gasteiger partial charge in [-0.3, -0.25) is 4.79 Å². The lowest BCUT2D eigenvalue weighted by molar-refractivity contribution is 0.0747. The Morgan fingerprint density at radius 2 is 1.61 bits per heavy atom. The maximum atomic E-state index is 12.7. The van der Waals surface area contributed by atoms with E-state index in [9.17, 15) is 13.2 Å². The minimum Gasteiger partial charge on any atom is -0.416 e. The monoisotopic (exact) mass is 397 g/mol. The molecule has 1 fully saturated rings. The quantitative estimate of drug-likeness (QED) is 0.672. The average Bonchev–Trinajstić information content (AvgIpc) is 3.34. The van der Waals surface area contributed by atoms with E-state index >= 15 is 0 Å². The molecule has 2 aromatic carbocycles. The van der Waals surface area contributed by atoms with Crippen LogP contribution in [0.5, 0.6) is 0 Å². The van der Waals surface area contributed by atoms with Gasteiger partial charge in [0.2, 0.25) is 11.8 Å². The fourth-order valence-electron chi connectivity index (χ4n) is 3.24. The lowest BCUT2D eigenvalue weighted by atomic mass is 10.1. The van der Waals surface area contributed by atoms with Crippen LogP contribution >= 0.6 is 0 Å². The second-order valence-corrected chi connectivity index (χ2v) is 9.06. The Labute approximate surface area is 162 Å². The second kappa shape index (κ2) is 7.20. The normalized spacial score (nSPS) is 18.1. The zero-order valence-corrected chi connectivity index (χ0v) is 16.1. The molecule has 0 aliphatic carbocycles. The molecule has 1 saturated heterocycles. The van der Waals surface area contributed by atoms with Gasteiger partial charge in [0.25, 0.3) is 5.91 Å². The minimum atomic E-state index is -3.04. The van der Waals surface area contributed by atoms with Crippen LogP contribution < -0.4 is 0 Å². The molecule has 144 valence electrons. The summed E-state index contributed by atoms with van der Waals surface area (Å²) < 4.78 is 29.0. The van der Waals surface area contributed by atoms with Crippen LogP contribution in [0.3, 0.4) is 0 Å². The summed E-state index contributed by atoms with van der Waals surface area (Å²) in [5.41, 5.74) is 2.02. The molecule has 1 atom stereocenters. The number of hydrogen-bond donors (Lipinski definition) is 0. The molecule has 0 bridgehead atoms. The number of carbonyl (C=O) groups is 1. The van der Waals surface area contributed by atoms with Crippen molar-refractivity contribution < 1.29 is 17.6 Å². The summed E-state index contributed by atoms with van der Waals surface area (Å²) in [5.74, 6) is 0.752. The molecule has 0 saturated carbocycles. The highest BCUT2D eigenvalue weighted by atomic mass is 32.2. The van der Waals surface area contributed by atoms with E-state index in [0.717, 1.165) is 5.56 Å². The first-order valence-corrected chi connectivity index (χ1v) is 10.7. The third kappa shape index (κ3) is 3.68. The number of aromatic nitrogens is 2. The molecule has 0 radical (unpaired) electrons. The van der Waals surface area contributed by atoms with Gasteiger partial charge in [-0.25, -0.2) is 8.42 Å². The van der Waals surface area contributed by atoms with Crippen molar-refractivity contribution in [1.82, 2.24) is 15.1 Å². The van der Waals surface area contributed by atoms with E-state index in [2.05, 4.69) is 10.2 Å². The SMILES string of the molecule is CN(C(=O)c1ccc(-c2nnc(-c3ccccc3)o2)cc1)[C@@H]1CCS(=O)(=O)C1. The molecular weight excluding hydrogens is 378 g/mol. The molecule has 4 rings (SSSR count). The minimum absolute atomic E-state index is 0.0254. The number of carbonyl (C=O) groups excluding carboxylic acids is 1. The number of sulfone groups is 1. The van der Waals surface area contributed by atoms with Gasteiger partial charge in [0.05, 0.1) is 11.5 Å². The van der Waals surface area contributed by atoms with Gasteiger partial charge in [0.15, 0.2) is 9.84 Å². The van der Waals surface area contributed by atoms with Crippen molar-refractivity contribution in [1.29, 1.82) is 0 Å². The van der Waals surface area contributed by atoms with E-state index in [4.69, 9.17) is 4.42 Å². The van der Waals surface area contributed by atoms with Gasteiger partial charge in [0, 0.05) is 29.8 Å². The fourth-order valence-corrected chi connectivity index (χ4v) is 5.02. The third-order valence-corrected chi connectivity index (χ3v) is 6.65. The van der Waals surface area contributed by atoms with E-state index in [-0.39, 0.29) is 23.5 Å². The first-order valence-electron chi connectivity index (χ1n) is 8.90. The van der Waals surface area contributed by atoms with Gasteiger partial charge >= 0.3 is 0 Å². The van der Waals surface area contributed by atoms with Crippen molar-refractivity contribution in [2.45, 2.75) is 12.5 Å². The molecule has 0 N–H and O–H groups in total. The molecule has 8 heteroatoms. The molecule has 1 aliphatic heterocycles. The van der Waals surface area contributed by atoms with Gasteiger partial charge in [-0.05, 0) is 42.8 Å². The van der Waals surface area contributed by atoms with Crippen LogP contribution in [0.25, 0.3) is 22.9 Å². The van der Waals surface area contributed by atoms with Crippen LogP contribution in [0.2, 0.25) is 0 Å². The topological polar surface area (TPSA) is 93.4 Å². The second-order valence-electron chi connectivity index (χ2n) is 6.83. The molecule has 0 spiro atoms. The molecule has 7 nitrogen and oxygen atoms in total. The van der Waals surface area contributed by atoms with Crippen LogP contribution in [0.15, 0.2) is 59.0 Å². The van der Waals surface area contributed by atoms with Crippen LogP contribution in [0.4, 0.5) is 0 Å². The van der Waals surface area contributed by atoms with E-state index in [0.29, 0.717) is 29.3 Å². The van der Waals surface area contributed by atoms with Crippen molar-refractivity contribution in [3.63, 3.8) is 0 Å². The van der Waals surface area contributed by atoms with Gasteiger partial charge in [0.1, 0.15) is 0 Å². The van der Waals surface area contributed by atoms with E-state index < -0.39 is 9.84 Å². The third-order valence-electron chi connectivity index (χ3n) is 4.90. The molecule has 1 aromatic heterocycles. The van der Waals surface area contributed by atoms with E-state index in [1.165, 1.54) is 4.90 Å². The average molecular weight is 397 g/mol. The molecule has 1 amide bonds.